The number of alkyl halides is 3. The van der Waals surface area contributed by atoms with Crippen molar-refractivity contribution in [1.29, 1.82) is 0 Å². The van der Waals surface area contributed by atoms with Gasteiger partial charge in [-0.2, -0.15) is 13.2 Å². The van der Waals surface area contributed by atoms with Gasteiger partial charge in [0.15, 0.2) is 6.10 Å². The predicted molar refractivity (Wildman–Crippen MR) is 166 cm³/mol. The SMILES string of the molecule is CN(C)C1CCN(C(=O)[C@@H](Cc2cc(Br)c(N)c(C(F)(F)F)c2)OC(=O)N2CCC(N3Cc4ccccc4NC3=O)CC2)CC1. The largest absolute Gasteiger partial charge is 0.436 e. The number of nitrogens with one attached hydrogen (secondary N) is 1. The number of halogens is 4. The summed E-state index contributed by atoms with van der Waals surface area (Å²) in [6.45, 7) is 1.96. The van der Waals surface area contributed by atoms with Crippen molar-refractivity contribution >= 4 is 45.3 Å². The summed E-state index contributed by atoms with van der Waals surface area (Å²) in [5, 5.41) is 2.92. The number of benzene rings is 2. The first-order valence-corrected chi connectivity index (χ1v) is 15.8. The van der Waals surface area contributed by atoms with Crippen LogP contribution in [0.4, 0.5) is 34.1 Å². The molecule has 0 saturated carbocycles. The number of anilines is 2. The molecule has 5 rings (SSSR count). The zero-order valence-corrected chi connectivity index (χ0v) is 26.9. The van der Waals surface area contributed by atoms with Crippen LogP contribution in [-0.2, 0) is 28.7 Å². The fourth-order valence-electron chi connectivity index (χ4n) is 6.30. The highest BCUT2D eigenvalue weighted by Crippen LogP contribution is 2.38. The van der Waals surface area contributed by atoms with Gasteiger partial charge in [0.25, 0.3) is 5.91 Å². The molecule has 45 heavy (non-hydrogen) atoms. The molecule has 14 heteroatoms. The van der Waals surface area contributed by atoms with Crippen molar-refractivity contribution < 1.29 is 32.3 Å². The summed E-state index contributed by atoms with van der Waals surface area (Å²) >= 11 is 3.10. The Hall–Kier alpha value is -3.52. The van der Waals surface area contributed by atoms with Gasteiger partial charge in [-0.25, -0.2) is 9.59 Å². The first-order valence-electron chi connectivity index (χ1n) is 15.0. The van der Waals surface area contributed by atoms with Crippen LogP contribution in [0, 0.1) is 0 Å². The smallest absolute Gasteiger partial charge is 0.418 e. The molecule has 0 bridgehead atoms. The molecule has 2 aromatic carbocycles. The van der Waals surface area contributed by atoms with Crippen molar-refractivity contribution in [1.82, 2.24) is 19.6 Å². The molecule has 1 atom stereocenters. The molecule has 3 aliphatic rings. The summed E-state index contributed by atoms with van der Waals surface area (Å²) in [6.07, 6.45) is -4.50. The van der Waals surface area contributed by atoms with Gasteiger partial charge in [-0.15, -0.1) is 0 Å². The number of hydrogen-bond donors (Lipinski definition) is 2. The standard InChI is InChI=1S/C31H38BrF3N6O4/c1-38(2)21-7-11-39(12-8-21)28(42)26(17-19-15-23(31(33,34)35)27(36)24(32)16-19)45-30(44)40-13-9-22(10-14-40)41-18-20-5-3-4-6-25(20)37-29(41)43/h3-6,15-16,21-22,26H,7-14,17-18,36H2,1-2H3,(H,37,43)/t26-/m1/s1. The van der Waals surface area contributed by atoms with Gasteiger partial charge in [0.1, 0.15) is 0 Å². The Kier molecular flexibility index (Phi) is 9.83. The van der Waals surface area contributed by atoms with Crippen molar-refractivity contribution in [2.75, 3.05) is 51.3 Å². The molecular formula is C31H38BrF3N6O4. The Balaban J connectivity index is 1.28. The number of carbonyl (C=O) groups excluding carboxylic acids is 3. The molecule has 0 unspecified atom stereocenters. The zero-order chi connectivity index (χ0) is 32.5. The second-order valence-corrected chi connectivity index (χ2v) is 12.9. The minimum atomic E-state index is -4.70. The van der Waals surface area contributed by atoms with E-state index >= 15 is 0 Å². The van der Waals surface area contributed by atoms with E-state index < -0.39 is 35.5 Å². The number of amides is 4. The second-order valence-electron chi connectivity index (χ2n) is 12.1. The Bertz CT molecular complexity index is 1420. The third-order valence-corrected chi connectivity index (χ3v) is 9.62. The molecule has 4 amide bonds. The van der Waals surface area contributed by atoms with E-state index in [0.29, 0.717) is 51.6 Å². The number of nitrogens with two attached hydrogens (primary N) is 1. The van der Waals surface area contributed by atoms with E-state index in [9.17, 15) is 27.6 Å². The fourth-order valence-corrected chi connectivity index (χ4v) is 6.81. The number of para-hydroxylation sites is 1. The second kappa shape index (κ2) is 13.5. The molecule has 0 aliphatic carbocycles. The van der Waals surface area contributed by atoms with Gasteiger partial charge >= 0.3 is 18.3 Å². The van der Waals surface area contributed by atoms with Gasteiger partial charge in [0, 0.05) is 61.4 Å². The average Bonchev–Trinajstić information content (AvgIpc) is 3.01. The predicted octanol–water partition coefficient (Wildman–Crippen LogP) is 5.16. The number of likely N-dealkylation sites (tertiary alicyclic amines) is 2. The van der Waals surface area contributed by atoms with Gasteiger partial charge in [-0.1, -0.05) is 18.2 Å². The third kappa shape index (κ3) is 7.49. The maximum atomic E-state index is 13.7. The number of urea groups is 1. The summed E-state index contributed by atoms with van der Waals surface area (Å²) < 4.78 is 47.0. The maximum absolute atomic E-state index is 13.7. The number of fused-ring (bicyclic) bond motifs is 1. The Morgan fingerprint density at radius 1 is 1.07 bits per heavy atom. The van der Waals surface area contributed by atoms with Crippen LogP contribution < -0.4 is 11.1 Å². The maximum Gasteiger partial charge on any atom is 0.418 e. The van der Waals surface area contributed by atoms with Crippen molar-refractivity contribution in [3.8, 4) is 0 Å². The summed E-state index contributed by atoms with van der Waals surface area (Å²) in [7, 11) is 3.95. The van der Waals surface area contributed by atoms with Crippen LogP contribution in [0.15, 0.2) is 40.9 Å². The molecule has 244 valence electrons. The Morgan fingerprint density at radius 3 is 2.36 bits per heavy atom. The van der Waals surface area contributed by atoms with E-state index in [1.807, 2.05) is 38.4 Å². The number of nitrogens with zero attached hydrogens (tertiary/aromatic N) is 4. The summed E-state index contributed by atoms with van der Waals surface area (Å²) in [5.74, 6) is -0.444. The molecule has 2 aromatic rings. The topological polar surface area (TPSA) is 111 Å². The number of ether oxygens (including phenoxy) is 1. The third-order valence-electron chi connectivity index (χ3n) is 8.96. The van der Waals surface area contributed by atoms with Gasteiger partial charge in [0.2, 0.25) is 0 Å². The van der Waals surface area contributed by atoms with Crippen LogP contribution in [-0.4, -0.2) is 96.1 Å². The normalized spacial score (nSPS) is 18.9. The molecule has 3 N–H and O–H groups in total. The molecule has 10 nitrogen and oxygen atoms in total. The molecule has 3 heterocycles. The van der Waals surface area contributed by atoms with Crippen LogP contribution in [0.2, 0.25) is 0 Å². The lowest BCUT2D eigenvalue weighted by Crippen LogP contribution is -2.52. The van der Waals surface area contributed by atoms with E-state index in [-0.39, 0.29) is 28.5 Å². The van der Waals surface area contributed by atoms with Crippen LogP contribution in [0.3, 0.4) is 0 Å². The van der Waals surface area contributed by atoms with E-state index in [4.69, 9.17) is 10.5 Å². The number of carbonyl (C=O) groups is 3. The van der Waals surface area contributed by atoms with E-state index in [1.165, 1.54) is 11.0 Å². The molecule has 0 aromatic heterocycles. The highest BCUT2D eigenvalue weighted by Gasteiger charge is 2.38. The molecule has 0 radical (unpaired) electrons. The quantitative estimate of drug-likeness (QED) is 0.404. The van der Waals surface area contributed by atoms with Crippen molar-refractivity contribution in [3.63, 3.8) is 0 Å². The molecule has 2 saturated heterocycles. The van der Waals surface area contributed by atoms with Crippen molar-refractivity contribution in [3.05, 3.63) is 57.6 Å². The summed E-state index contributed by atoms with van der Waals surface area (Å²) in [4.78, 5) is 46.9. The van der Waals surface area contributed by atoms with Crippen molar-refractivity contribution in [2.24, 2.45) is 0 Å². The Labute approximate surface area is 268 Å². The molecular weight excluding hydrogens is 657 g/mol. The number of piperidine rings is 2. The fraction of sp³-hybridized carbons (Fsp3) is 0.516. The van der Waals surface area contributed by atoms with Crippen LogP contribution in [0.25, 0.3) is 0 Å². The van der Waals surface area contributed by atoms with E-state index in [2.05, 4.69) is 26.1 Å². The van der Waals surface area contributed by atoms with Crippen LogP contribution >= 0.6 is 15.9 Å². The van der Waals surface area contributed by atoms with Crippen LogP contribution in [0.1, 0.15) is 42.4 Å². The monoisotopic (exact) mass is 694 g/mol. The lowest BCUT2D eigenvalue weighted by atomic mass is 10.00. The highest BCUT2D eigenvalue weighted by molar-refractivity contribution is 9.10. The van der Waals surface area contributed by atoms with Crippen molar-refractivity contribution in [2.45, 2.75) is 63.0 Å². The van der Waals surface area contributed by atoms with E-state index in [0.717, 1.165) is 30.2 Å². The van der Waals surface area contributed by atoms with Gasteiger partial charge < -0.3 is 35.4 Å². The molecule has 3 aliphatic heterocycles. The number of nitrogen functional groups attached to an aromatic ring is 1. The number of rotatable bonds is 6. The summed E-state index contributed by atoms with van der Waals surface area (Å²) in [6, 6.07) is 9.95. The lowest BCUT2D eigenvalue weighted by Gasteiger charge is -2.40. The zero-order valence-electron chi connectivity index (χ0n) is 25.3. The molecule has 2 fully saturated rings. The van der Waals surface area contributed by atoms with Gasteiger partial charge in [-0.3, -0.25) is 4.79 Å². The first-order chi connectivity index (χ1) is 21.3. The van der Waals surface area contributed by atoms with Gasteiger partial charge in [-0.05, 0) is 85.0 Å². The summed E-state index contributed by atoms with van der Waals surface area (Å²) in [5.41, 5.74) is 6.17. The highest BCUT2D eigenvalue weighted by atomic mass is 79.9. The van der Waals surface area contributed by atoms with Crippen LogP contribution in [0.5, 0.6) is 0 Å². The first kappa shape index (κ1) is 32.9. The Morgan fingerprint density at radius 2 is 1.71 bits per heavy atom. The minimum Gasteiger partial charge on any atom is -0.436 e. The van der Waals surface area contributed by atoms with E-state index in [1.54, 1.807) is 9.80 Å². The average molecular weight is 696 g/mol. The number of hydrogen-bond acceptors (Lipinski definition) is 6. The van der Waals surface area contributed by atoms with Gasteiger partial charge in [0.05, 0.1) is 11.3 Å². The molecule has 0 spiro atoms. The minimum absolute atomic E-state index is 0.0445. The lowest BCUT2D eigenvalue weighted by molar-refractivity contribution is -0.142.